The molecule has 3 aromatic heterocycles. The van der Waals surface area contributed by atoms with Crippen molar-refractivity contribution in [3.05, 3.63) is 40.3 Å². The molecule has 36 heavy (non-hydrogen) atoms. The molecule has 0 radical (unpaired) electrons. The van der Waals surface area contributed by atoms with Crippen LogP contribution in [0.5, 0.6) is 5.88 Å². The molecule has 1 amide bonds. The van der Waals surface area contributed by atoms with E-state index >= 15 is 0 Å². The van der Waals surface area contributed by atoms with Crippen molar-refractivity contribution in [2.75, 3.05) is 38.0 Å². The monoisotopic (exact) mass is 536 g/mol. The number of sulfone groups is 1. The molecule has 13 heteroatoms. The van der Waals surface area contributed by atoms with Crippen LogP contribution in [0.4, 0.5) is 5.13 Å². The summed E-state index contributed by atoms with van der Waals surface area (Å²) in [5, 5.41) is 12.2. The zero-order valence-electron chi connectivity index (χ0n) is 19.7. The number of aromatic nitrogens is 3. The number of methoxy groups -OCH3 is 1. The Morgan fingerprint density at radius 3 is 2.81 bits per heavy atom. The fourth-order valence-corrected chi connectivity index (χ4v) is 6.68. The summed E-state index contributed by atoms with van der Waals surface area (Å²) in [6, 6.07) is 4.69. The molecule has 4 heterocycles. The van der Waals surface area contributed by atoms with Gasteiger partial charge in [0.15, 0.2) is 15.0 Å². The number of aromatic amines is 1. The first kappa shape index (κ1) is 26.2. The number of anilines is 1. The Balaban J connectivity index is 1.72. The van der Waals surface area contributed by atoms with Crippen molar-refractivity contribution in [3.8, 4) is 5.88 Å². The van der Waals surface area contributed by atoms with Crippen LogP contribution in [0.3, 0.4) is 0 Å². The lowest BCUT2D eigenvalue weighted by atomic mass is 9.85. The number of pyridine rings is 2. The molecule has 0 bridgehead atoms. The molecule has 1 aliphatic rings. The number of ether oxygens (including phenoxy) is 2. The Hall–Kier alpha value is -2.87. The number of rotatable bonds is 10. The molecule has 1 fully saturated rings. The molecule has 0 unspecified atom stereocenters. The van der Waals surface area contributed by atoms with E-state index in [1.165, 1.54) is 19.4 Å². The van der Waals surface area contributed by atoms with Crippen LogP contribution in [0.15, 0.2) is 34.1 Å². The third kappa shape index (κ3) is 5.91. The molecule has 3 N–H and O–H groups in total. The molecular weight excluding hydrogens is 508 g/mol. The van der Waals surface area contributed by atoms with Crippen molar-refractivity contribution >= 4 is 42.6 Å². The van der Waals surface area contributed by atoms with Gasteiger partial charge in [-0.2, -0.15) is 0 Å². The maximum Gasteiger partial charge on any atom is 0.253 e. The third-order valence-electron chi connectivity index (χ3n) is 6.11. The second-order valence-corrected chi connectivity index (χ2v) is 11.6. The number of carbonyl (C=O) groups is 1. The van der Waals surface area contributed by atoms with Gasteiger partial charge in [-0.1, -0.05) is 11.3 Å². The highest BCUT2D eigenvalue weighted by Crippen LogP contribution is 2.34. The number of hydrogen-bond acceptors (Lipinski definition) is 10. The summed E-state index contributed by atoms with van der Waals surface area (Å²) in [6.07, 6.45) is 2.96. The summed E-state index contributed by atoms with van der Waals surface area (Å²) < 4.78 is 36.7. The minimum absolute atomic E-state index is 0.0214. The van der Waals surface area contributed by atoms with Crippen molar-refractivity contribution < 1.29 is 27.8 Å². The Morgan fingerprint density at radius 2 is 2.08 bits per heavy atom. The highest BCUT2D eigenvalue weighted by molar-refractivity contribution is 7.91. The Labute approximate surface area is 211 Å². The summed E-state index contributed by atoms with van der Waals surface area (Å²) >= 11 is 1.15. The van der Waals surface area contributed by atoms with E-state index < -0.39 is 27.2 Å². The topological polar surface area (TPSA) is 161 Å². The van der Waals surface area contributed by atoms with Gasteiger partial charge in [0.05, 0.1) is 23.7 Å². The van der Waals surface area contributed by atoms with Crippen LogP contribution in [-0.4, -0.2) is 67.1 Å². The average molecular weight is 537 g/mol. The van der Waals surface area contributed by atoms with Crippen LogP contribution < -0.4 is 15.6 Å². The zero-order chi connectivity index (χ0) is 25.7. The van der Waals surface area contributed by atoms with Crippen molar-refractivity contribution in [2.45, 2.75) is 36.5 Å². The average Bonchev–Trinajstić information content (AvgIpc) is 3.28. The minimum Gasteiger partial charge on any atom is -0.481 e. The van der Waals surface area contributed by atoms with E-state index in [-0.39, 0.29) is 46.7 Å². The third-order valence-corrected chi connectivity index (χ3v) is 8.84. The molecule has 3 aromatic rings. The van der Waals surface area contributed by atoms with E-state index in [1.807, 2.05) is 0 Å². The first-order valence-corrected chi connectivity index (χ1v) is 14.0. The smallest absolute Gasteiger partial charge is 0.253 e. The van der Waals surface area contributed by atoms with Crippen molar-refractivity contribution in [2.24, 2.45) is 5.92 Å². The molecule has 4 rings (SSSR count). The van der Waals surface area contributed by atoms with Crippen LogP contribution in [0.25, 0.3) is 10.3 Å². The molecule has 0 spiro atoms. The molecule has 0 saturated carbocycles. The second kappa shape index (κ2) is 11.5. The molecule has 194 valence electrons. The number of thiazole rings is 1. The zero-order valence-corrected chi connectivity index (χ0v) is 21.4. The second-order valence-electron chi connectivity index (χ2n) is 8.51. The number of amides is 1. The quantitative estimate of drug-likeness (QED) is 0.352. The summed E-state index contributed by atoms with van der Waals surface area (Å²) in [5.74, 6) is -1.41. The van der Waals surface area contributed by atoms with Gasteiger partial charge in [0, 0.05) is 37.6 Å². The van der Waals surface area contributed by atoms with E-state index in [0.29, 0.717) is 42.3 Å². The van der Waals surface area contributed by atoms with Crippen LogP contribution in [-0.2, 0) is 19.4 Å². The van der Waals surface area contributed by atoms with Gasteiger partial charge in [-0.3, -0.25) is 9.59 Å². The van der Waals surface area contributed by atoms with Gasteiger partial charge < -0.3 is 24.9 Å². The number of nitrogens with zero attached hydrogens (tertiary/aromatic N) is 2. The number of aliphatic hydroxyl groups is 1. The lowest BCUT2D eigenvalue weighted by Crippen LogP contribution is -2.32. The van der Waals surface area contributed by atoms with E-state index in [1.54, 1.807) is 12.1 Å². The van der Waals surface area contributed by atoms with Crippen LogP contribution in [0.1, 0.15) is 37.2 Å². The van der Waals surface area contributed by atoms with E-state index in [4.69, 9.17) is 14.6 Å². The number of aliphatic hydroxyl groups excluding tert-OH is 1. The predicted octanol–water partition coefficient (Wildman–Crippen LogP) is 2.08. The van der Waals surface area contributed by atoms with Gasteiger partial charge in [-0.05, 0) is 43.7 Å². The van der Waals surface area contributed by atoms with Gasteiger partial charge in [-0.25, -0.2) is 18.4 Å². The van der Waals surface area contributed by atoms with Crippen molar-refractivity contribution in [1.29, 1.82) is 0 Å². The summed E-state index contributed by atoms with van der Waals surface area (Å²) in [7, 11) is -2.42. The first-order chi connectivity index (χ1) is 17.3. The van der Waals surface area contributed by atoms with Crippen LogP contribution >= 0.6 is 11.3 Å². The van der Waals surface area contributed by atoms with Gasteiger partial charge in [-0.15, -0.1) is 0 Å². The van der Waals surface area contributed by atoms with Crippen LogP contribution in [0, 0.1) is 5.92 Å². The van der Waals surface area contributed by atoms with Gasteiger partial charge in [0.25, 0.3) is 5.56 Å². The Kier molecular flexibility index (Phi) is 8.34. The standard InChI is InChI=1S/C23H28N4O7S2/c1-33-18-4-3-16-22(26-18)35-23(25-16)27-20(29)15(13-14-6-10-34-11-7-14)19-17(5-8-24-21(19)30)36(31,32)12-2-9-28/h3-5,8,14-15,28H,2,6-7,9-13H2,1H3,(H,24,30)(H,25,27,29)/t15-/m0/s1. The maximum atomic E-state index is 13.6. The minimum atomic E-state index is -3.92. The number of H-pyrrole nitrogens is 1. The molecule has 0 aromatic carbocycles. The normalized spacial score (nSPS) is 15.6. The Bertz CT molecular complexity index is 1380. The fraction of sp³-hybridized carbons (Fsp3) is 0.478. The lowest BCUT2D eigenvalue weighted by molar-refractivity contribution is -0.118. The molecule has 1 saturated heterocycles. The number of carbonyl (C=O) groups excluding carboxylic acids is 1. The number of nitrogens with one attached hydrogen (secondary N) is 2. The molecule has 1 atom stereocenters. The van der Waals surface area contributed by atoms with E-state index in [2.05, 4.69) is 20.3 Å². The molecule has 0 aliphatic carbocycles. The van der Waals surface area contributed by atoms with Gasteiger partial charge >= 0.3 is 0 Å². The van der Waals surface area contributed by atoms with Crippen molar-refractivity contribution in [3.63, 3.8) is 0 Å². The molecule has 1 aliphatic heterocycles. The largest absolute Gasteiger partial charge is 0.481 e. The highest BCUT2D eigenvalue weighted by atomic mass is 32.2. The summed E-state index contributed by atoms with van der Waals surface area (Å²) in [5.41, 5.74) is -0.162. The first-order valence-electron chi connectivity index (χ1n) is 11.6. The molecule has 11 nitrogen and oxygen atoms in total. The number of fused-ring (bicyclic) bond motifs is 1. The van der Waals surface area contributed by atoms with Crippen LogP contribution in [0.2, 0.25) is 0 Å². The molecular formula is C23H28N4O7S2. The highest BCUT2D eigenvalue weighted by Gasteiger charge is 2.34. The lowest BCUT2D eigenvalue weighted by Gasteiger charge is -2.26. The summed E-state index contributed by atoms with van der Waals surface area (Å²) in [6.45, 7) is 0.772. The SMILES string of the molecule is COc1ccc2nc(NC(=O)[C@@H](CC3CCOCC3)c3c(S(=O)(=O)CCCO)cc[nH]c3=O)sc2n1. The fourth-order valence-electron chi connectivity index (χ4n) is 4.27. The Morgan fingerprint density at radius 1 is 1.31 bits per heavy atom. The van der Waals surface area contributed by atoms with E-state index in [9.17, 15) is 18.0 Å². The summed E-state index contributed by atoms with van der Waals surface area (Å²) in [4.78, 5) is 38.2. The predicted molar refractivity (Wildman–Crippen MR) is 134 cm³/mol. The number of hydrogen-bond donors (Lipinski definition) is 3. The van der Waals surface area contributed by atoms with Gasteiger partial charge in [0.2, 0.25) is 11.8 Å². The maximum absolute atomic E-state index is 13.6. The van der Waals surface area contributed by atoms with E-state index in [0.717, 1.165) is 11.3 Å². The van der Waals surface area contributed by atoms with Crippen molar-refractivity contribution in [1.82, 2.24) is 15.0 Å². The van der Waals surface area contributed by atoms with Gasteiger partial charge in [0.1, 0.15) is 10.3 Å².